The predicted octanol–water partition coefficient (Wildman–Crippen LogP) is 2.01. The Morgan fingerprint density at radius 2 is 2.16 bits per heavy atom. The summed E-state index contributed by atoms with van der Waals surface area (Å²) in [6, 6.07) is 9.09. The molecule has 0 aliphatic heterocycles. The lowest BCUT2D eigenvalue weighted by Crippen LogP contribution is -2.40. The lowest BCUT2D eigenvalue weighted by atomic mass is 10.0. The molecule has 2 amide bonds. The van der Waals surface area contributed by atoms with Crippen LogP contribution in [0.4, 0.5) is 0 Å². The molecule has 0 spiro atoms. The molecular weight excluding hydrogens is 318 g/mol. The van der Waals surface area contributed by atoms with E-state index in [-0.39, 0.29) is 18.5 Å². The monoisotopic (exact) mass is 339 g/mol. The Morgan fingerprint density at radius 3 is 2.84 bits per heavy atom. The first-order valence-corrected chi connectivity index (χ1v) is 8.19. The highest BCUT2D eigenvalue weighted by atomic mass is 16.5. The van der Waals surface area contributed by atoms with E-state index in [0.717, 1.165) is 29.7 Å². The van der Waals surface area contributed by atoms with E-state index in [4.69, 9.17) is 10.5 Å². The lowest BCUT2D eigenvalue weighted by Gasteiger charge is -2.29. The molecule has 1 aromatic heterocycles. The molecule has 1 unspecified atom stereocenters. The molecule has 2 N–H and O–H groups in total. The standard InChI is InChI=1S/C19H21N3O3/c1-12-15(4-3-9-21-12)19(24)22(11-18(20)23)17-8-6-13-5-7-14(25-2)10-16(13)17/h3-5,7,9-10,17H,6,8,11H2,1-2H3,(H2,20,23). The van der Waals surface area contributed by atoms with Crippen LogP contribution in [0, 0.1) is 6.92 Å². The van der Waals surface area contributed by atoms with Crippen LogP contribution in [0.5, 0.6) is 5.75 Å². The Labute approximate surface area is 146 Å². The minimum Gasteiger partial charge on any atom is -0.497 e. The van der Waals surface area contributed by atoms with E-state index in [2.05, 4.69) is 4.98 Å². The number of carbonyl (C=O) groups excluding carboxylic acids is 2. The minimum atomic E-state index is -0.536. The molecular formula is C19H21N3O3. The van der Waals surface area contributed by atoms with E-state index < -0.39 is 5.91 Å². The Balaban J connectivity index is 2.00. The van der Waals surface area contributed by atoms with Gasteiger partial charge in [0.15, 0.2) is 0 Å². The number of nitrogens with zero attached hydrogens (tertiary/aromatic N) is 2. The maximum atomic E-state index is 13.1. The number of nitrogens with two attached hydrogens (primary N) is 1. The number of aromatic nitrogens is 1. The molecule has 6 nitrogen and oxygen atoms in total. The van der Waals surface area contributed by atoms with Crippen LogP contribution < -0.4 is 10.5 Å². The first-order valence-electron chi connectivity index (χ1n) is 8.19. The van der Waals surface area contributed by atoms with Crippen LogP contribution in [-0.4, -0.2) is 35.4 Å². The summed E-state index contributed by atoms with van der Waals surface area (Å²) in [7, 11) is 1.61. The number of methoxy groups -OCH3 is 1. The van der Waals surface area contributed by atoms with Gasteiger partial charge in [0.1, 0.15) is 12.3 Å². The quantitative estimate of drug-likeness (QED) is 0.903. The summed E-state index contributed by atoms with van der Waals surface area (Å²) in [5.41, 5.74) is 8.71. The summed E-state index contributed by atoms with van der Waals surface area (Å²) in [6.45, 7) is 1.65. The van der Waals surface area contributed by atoms with Crippen molar-refractivity contribution in [3.63, 3.8) is 0 Å². The van der Waals surface area contributed by atoms with Crippen LogP contribution in [0.15, 0.2) is 36.5 Å². The van der Waals surface area contributed by atoms with Crippen molar-refractivity contribution < 1.29 is 14.3 Å². The highest BCUT2D eigenvalue weighted by Gasteiger charge is 2.33. The number of primary amides is 1. The van der Waals surface area contributed by atoms with Gasteiger partial charge in [0.05, 0.1) is 18.7 Å². The number of benzene rings is 1. The van der Waals surface area contributed by atoms with Gasteiger partial charge in [-0.15, -0.1) is 0 Å². The first kappa shape index (κ1) is 17.0. The smallest absolute Gasteiger partial charge is 0.256 e. The molecule has 3 rings (SSSR count). The molecule has 0 fully saturated rings. The lowest BCUT2D eigenvalue weighted by molar-refractivity contribution is -0.119. The Kier molecular flexibility index (Phi) is 4.70. The molecule has 1 aliphatic carbocycles. The molecule has 1 heterocycles. The minimum absolute atomic E-state index is 0.130. The van der Waals surface area contributed by atoms with E-state index in [0.29, 0.717) is 11.3 Å². The maximum absolute atomic E-state index is 13.1. The van der Waals surface area contributed by atoms with Gasteiger partial charge >= 0.3 is 0 Å². The molecule has 0 radical (unpaired) electrons. The molecule has 1 atom stereocenters. The number of ether oxygens (including phenoxy) is 1. The van der Waals surface area contributed by atoms with Crippen molar-refractivity contribution in [2.75, 3.05) is 13.7 Å². The van der Waals surface area contributed by atoms with Gasteiger partial charge in [0, 0.05) is 11.9 Å². The molecule has 25 heavy (non-hydrogen) atoms. The summed E-state index contributed by atoms with van der Waals surface area (Å²) in [5.74, 6) is -0.0361. The average Bonchev–Trinajstić information content (AvgIpc) is 3.02. The van der Waals surface area contributed by atoms with Crippen molar-refractivity contribution in [3.05, 3.63) is 58.9 Å². The number of hydrogen-bond acceptors (Lipinski definition) is 4. The Morgan fingerprint density at radius 1 is 1.36 bits per heavy atom. The van der Waals surface area contributed by atoms with Crippen molar-refractivity contribution in [2.24, 2.45) is 5.73 Å². The third-order valence-corrected chi connectivity index (χ3v) is 4.60. The van der Waals surface area contributed by atoms with E-state index in [9.17, 15) is 9.59 Å². The molecule has 6 heteroatoms. The molecule has 130 valence electrons. The van der Waals surface area contributed by atoms with E-state index in [1.807, 2.05) is 18.2 Å². The first-order chi connectivity index (χ1) is 12.0. The van der Waals surface area contributed by atoms with Crippen LogP contribution in [-0.2, 0) is 11.2 Å². The van der Waals surface area contributed by atoms with Crippen LogP contribution in [0.2, 0.25) is 0 Å². The summed E-state index contributed by atoms with van der Waals surface area (Å²) in [6.07, 6.45) is 3.24. The fourth-order valence-corrected chi connectivity index (χ4v) is 3.37. The highest BCUT2D eigenvalue weighted by molar-refractivity contribution is 5.97. The van der Waals surface area contributed by atoms with Crippen LogP contribution in [0.1, 0.15) is 39.6 Å². The SMILES string of the molecule is COc1ccc2c(c1)C(N(CC(N)=O)C(=O)c1cccnc1C)CC2. The largest absolute Gasteiger partial charge is 0.497 e. The normalized spacial score (nSPS) is 15.5. The second kappa shape index (κ2) is 6.93. The molecule has 0 saturated heterocycles. The van der Waals surface area contributed by atoms with Crippen molar-refractivity contribution in [3.8, 4) is 5.75 Å². The van der Waals surface area contributed by atoms with Gasteiger partial charge in [0.2, 0.25) is 5.91 Å². The van der Waals surface area contributed by atoms with Crippen molar-refractivity contribution in [1.82, 2.24) is 9.88 Å². The summed E-state index contributed by atoms with van der Waals surface area (Å²) < 4.78 is 5.31. The van der Waals surface area contributed by atoms with Gasteiger partial charge in [-0.05, 0) is 55.2 Å². The van der Waals surface area contributed by atoms with Crippen molar-refractivity contribution >= 4 is 11.8 Å². The number of amides is 2. The zero-order chi connectivity index (χ0) is 18.0. The fourth-order valence-electron chi connectivity index (χ4n) is 3.37. The second-order valence-corrected chi connectivity index (χ2v) is 6.15. The molecule has 2 aromatic rings. The Hall–Kier alpha value is -2.89. The van der Waals surface area contributed by atoms with E-state index in [1.54, 1.807) is 37.3 Å². The third-order valence-electron chi connectivity index (χ3n) is 4.60. The number of aryl methyl sites for hydroxylation is 2. The molecule has 0 bridgehead atoms. The molecule has 1 aromatic carbocycles. The fraction of sp³-hybridized carbons (Fsp3) is 0.316. The van der Waals surface area contributed by atoms with Gasteiger partial charge in [-0.25, -0.2) is 0 Å². The van der Waals surface area contributed by atoms with Crippen molar-refractivity contribution in [2.45, 2.75) is 25.8 Å². The Bertz CT molecular complexity index is 819. The number of rotatable bonds is 5. The number of hydrogen-bond donors (Lipinski definition) is 1. The zero-order valence-electron chi connectivity index (χ0n) is 14.4. The van der Waals surface area contributed by atoms with E-state index >= 15 is 0 Å². The van der Waals surface area contributed by atoms with Gasteiger partial charge in [-0.2, -0.15) is 0 Å². The average molecular weight is 339 g/mol. The zero-order valence-corrected chi connectivity index (χ0v) is 14.4. The molecule has 1 aliphatic rings. The summed E-state index contributed by atoms with van der Waals surface area (Å²) >= 11 is 0. The second-order valence-electron chi connectivity index (χ2n) is 6.15. The van der Waals surface area contributed by atoms with Gasteiger partial charge in [-0.1, -0.05) is 6.07 Å². The van der Waals surface area contributed by atoms with Gasteiger partial charge in [0.25, 0.3) is 5.91 Å². The van der Waals surface area contributed by atoms with Crippen molar-refractivity contribution in [1.29, 1.82) is 0 Å². The van der Waals surface area contributed by atoms with Gasteiger partial charge < -0.3 is 15.4 Å². The summed E-state index contributed by atoms with van der Waals surface area (Å²) in [4.78, 5) is 30.4. The summed E-state index contributed by atoms with van der Waals surface area (Å²) in [5, 5.41) is 0. The number of pyridine rings is 1. The topological polar surface area (TPSA) is 85.5 Å². The number of carbonyl (C=O) groups is 2. The van der Waals surface area contributed by atoms with Crippen LogP contribution in [0.3, 0.4) is 0 Å². The molecule has 0 saturated carbocycles. The van der Waals surface area contributed by atoms with Crippen LogP contribution >= 0.6 is 0 Å². The van der Waals surface area contributed by atoms with Crippen LogP contribution in [0.25, 0.3) is 0 Å². The highest BCUT2D eigenvalue weighted by Crippen LogP contribution is 2.38. The number of fused-ring (bicyclic) bond motifs is 1. The van der Waals surface area contributed by atoms with E-state index in [1.165, 1.54) is 0 Å². The third kappa shape index (κ3) is 3.33. The predicted molar refractivity (Wildman–Crippen MR) is 93.3 cm³/mol. The maximum Gasteiger partial charge on any atom is 0.256 e. The van der Waals surface area contributed by atoms with Gasteiger partial charge in [-0.3, -0.25) is 14.6 Å².